The standard InChI is InChI=1S/C18H22N2O4/c1-12-2-3-16(19-8-12)14-10-20(9-13-4-6-24-7-5-13)11-15(17(14)21)18(22)23/h2-3,8,10-11,13,16,19H,4-7,9H2,1H3,(H,22,23). The van der Waals surface area contributed by atoms with Crippen LogP contribution in [0.4, 0.5) is 0 Å². The molecule has 0 aliphatic carbocycles. The molecule has 0 amide bonds. The highest BCUT2D eigenvalue weighted by Gasteiger charge is 2.21. The molecule has 2 aliphatic rings. The normalized spacial score (nSPS) is 21.2. The Labute approximate surface area is 140 Å². The van der Waals surface area contributed by atoms with Gasteiger partial charge in [0.1, 0.15) is 5.56 Å². The summed E-state index contributed by atoms with van der Waals surface area (Å²) in [4.78, 5) is 24.0. The summed E-state index contributed by atoms with van der Waals surface area (Å²) in [5.74, 6) is -0.748. The summed E-state index contributed by atoms with van der Waals surface area (Å²) in [6.07, 6.45) is 10.8. The smallest absolute Gasteiger partial charge is 0.341 e. The molecule has 0 saturated carbocycles. The second-order valence-electron chi connectivity index (χ2n) is 6.41. The van der Waals surface area contributed by atoms with E-state index in [0.717, 1.165) is 31.6 Å². The Morgan fingerprint density at radius 3 is 2.75 bits per heavy atom. The highest BCUT2D eigenvalue weighted by atomic mass is 16.5. The molecule has 0 radical (unpaired) electrons. The lowest BCUT2D eigenvalue weighted by Gasteiger charge is -2.24. The first-order chi connectivity index (χ1) is 11.5. The van der Waals surface area contributed by atoms with Crippen LogP contribution in [0.2, 0.25) is 0 Å². The fraction of sp³-hybridized carbons (Fsp3) is 0.444. The largest absolute Gasteiger partial charge is 0.477 e. The maximum atomic E-state index is 12.5. The highest BCUT2D eigenvalue weighted by molar-refractivity contribution is 5.87. The molecule has 3 heterocycles. The molecule has 128 valence electrons. The average Bonchev–Trinajstić information content (AvgIpc) is 2.58. The van der Waals surface area contributed by atoms with Crippen LogP contribution in [-0.4, -0.2) is 28.9 Å². The molecule has 3 rings (SSSR count). The van der Waals surface area contributed by atoms with Gasteiger partial charge < -0.3 is 19.7 Å². The molecule has 2 N–H and O–H groups in total. The Kier molecular flexibility index (Phi) is 4.85. The van der Waals surface area contributed by atoms with Gasteiger partial charge in [-0.15, -0.1) is 0 Å². The summed E-state index contributed by atoms with van der Waals surface area (Å²) in [5.41, 5.74) is 0.909. The molecular formula is C18H22N2O4. The van der Waals surface area contributed by atoms with Crippen LogP contribution >= 0.6 is 0 Å². The van der Waals surface area contributed by atoms with E-state index in [9.17, 15) is 14.7 Å². The Morgan fingerprint density at radius 1 is 1.38 bits per heavy atom. The number of allylic oxidation sites excluding steroid dienone is 2. The molecule has 6 heteroatoms. The van der Waals surface area contributed by atoms with Gasteiger partial charge in [0.15, 0.2) is 0 Å². The van der Waals surface area contributed by atoms with Crippen LogP contribution in [0.25, 0.3) is 0 Å². The molecule has 6 nitrogen and oxygen atoms in total. The van der Waals surface area contributed by atoms with E-state index >= 15 is 0 Å². The molecule has 1 unspecified atom stereocenters. The van der Waals surface area contributed by atoms with Gasteiger partial charge in [0.2, 0.25) is 5.43 Å². The fourth-order valence-corrected chi connectivity index (χ4v) is 3.13. The lowest BCUT2D eigenvalue weighted by Crippen LogP contribution is -2.29. The summed E-state index contributed by atoms with van der Waals surface area (Å²) in [7, 11) is 0. The molecule has 2 aliphatic heterocycles. The predicted octanol–water partition coefficient (Wildman–Crippen LogP) is 2.08. The van der Waals surface area contributed by atoms with Crippen molar-refractivity contribution in [2.24, 2.45) is 5.92 Å². The zero-order valence-electron chi connectivity index (χ0n) is 13.7. The second-order valence-corrected chi connectivity index (χ2v) is 6.41. The van der Waals surface area contributed by atoms with Crippen LogP contribution in [0.1, 0.15) is 41.7 Å². The monoisotopic (exact) mass is 330 g/mol. The molecule has 1 atom stereocenters. The van der Waals surface area contributed by atoms with Crippen LogP contribution in [0.3, 0.4) is 0 Å². The van der Waals surface area contributed by atoms with E-state index in [2.05, 4.69) is 5.32 Å². The molecule has 0 spiro atoms. The van der Waals surface area contributed by atoms with Crippen molar-refractivity contribution < 1.29 is 14.6 Å². The maximum absolute atomic E-state index is 12.5. The van der Waals surface area contributed by atoms with E-state index in [1.54, 1.807) is 6.20 Å². The third kappa shape index (κ3) is 3.59. The molecular weight excluding hydrogens is 308 g/mol. The van der Waals surface area contributed by atoms with Gasteiger partial charge in [-0.3, -0.25) is 4.79 Å². The van der Waals surface area contributed by atoms with E-state index in [-0.39, 0.29) is 11.6 Å². The van der Waals surface area contributed by atoms with Gasteiger partial charge in [-0.2, -0.15) is 0 Å². The zero-order chi connectivity index (χ0) is 17.1. The highest BCUT2D eigenvalue weighted by Crippen LogP contribution is 2.20. The van der Waals surface area contributed by atoms with Crippen LogP contribution in [0.5, 0.6) is 0 Å². The van der Waals surface area contributed by atoms with Crippen molar-refractivity contribution in [1.82, 2.24) is 9.88 Å². The molecule has 1 fully saturated rings. The number of aromatic nitrogens is 1. The number of pyridine rings is 1. The van der Waals surface area contributed by atoms with Gasteiger partial charge in [-0.05, 0) is 31.3 Å². The molecule has 1 saturated heterocycles. The van der Waals surface area contributed by atoms with Crippen LogP contribution < -0.4 is 10.7 Å². The van der Waals surface area contributed by atoms with Crippen LogP contribution in [0.15, 0.2) is 41.1 Å². The minimum absolute atomic E-state index is 0.180. The number of ether oxygens (including phenoxy) is 1. The number of hydrogen-bond acceptors (Lipinski definition) is 4. The number of carbonyl (C=O) groups is 1. The average molecular weight is 330 g/mol. The van der Waals surface area contributed by atoms with Crippen molar-refractivity contribution in [2.45, 2.75) is 32.4 Å². The molecule has 0 bridgehead atoms. The van der Waals surface area contributed by atoms with Gasteiger partial charge in [-0.25, -0.2) is 4.79 Å². The van der Waals surface area contributed by atoms with Crippen molar-refractivity contribution in [3.63, 3.8) is 0 Å². The Bertz CT molecular complexity index is 742. The Morgan fingerprint density at radius 2 is 2.12 bits per heavy atom. The van der Waals surface area contributed by atoms with Crippen molar-refractivity contribution in [1.29, 1.82) is 0 Å². The zero-order valence-corrected chi connectivity index (χ0v) is 13.7. The molecule has 1 aromatic heterocycles. The minimum Gasteiger partial charge on any atom is -0.477 e. The number of carboxylic acids is 1. The van der Waals surface area contributed by atoms with Crippen molar-refractivity contribution >= 4 is 5.97 Å². The van der Waals surface area contributed by atoms with E-state index in [1.165, 1.54) is 6.20 Å². The topological polar surface area (TPSA) is 80.6 Å². The fourth-order valence-electron chi connectivity index (χ4n) is 3.13. The Balaban J connectivity index is 1.93. The summed E-state index contributed by atoms with van der Waals surface area (Å²) in [6, 6.07) is -0.304. The van der Waals surface area contributed by atoms with Crippen LogP contribution in [-0.2, 0) is 11.3 Å². The maximum Gasteiger partial charge on any atom is 0.341 e. The van der Waals surface area contributed by atoms with E-state index < -0.39 is 11.4 Å². The quantitative estimate of drug-likeness (QED) is 0.883. The second kappa shape index (κ2) is 7.05. The van der Waals surface area contributed by atoms with Gasteiger partial charge in [0.05, 0.1) is 6.04 Å². The summed E-state index contributed by atoms with van der Waals surface area (Å²) in [6.45, 7) is 4.13. The SMILES string of the molecule is CC1=CNC(c2cn(CC3CCOCC3)cc(C(=O)O)c2=O)C=C1. The van der Waals surface area contributed by atoms with E-state index in [4.69, 9.17) is 4.74 Å². The number of dihydropyridines is 1. The Hall–Kier alpha value is -2.34. The minimum atomic E-state index is -1.19. The first kappa shape index (κ1) is 16.5. The first-order valence-corrected chi connectivity index (χ1v) is 8.20. The number of nitrogens with zero attached hydrogens (tertiary/aromatic N) is 1. The van der Waals surface area contributed by atoms with Gasteiger partial charge in [0, 0.05) is 43.9 Å². The summed E-state index contributed by atoms with van der Waals surface area (Å²) < 4.78 is 7.21. The number of nitrogens with one attached hydrogen (secondary N) is 1. The van der Waals surface area contributed by atoms with Crippen molar-refractivity contribution in [2.75, 3.05) is 13.2 Å². The summed E-state index contributed by atoms with van der Waals surface area (Å²) in [5, 5.41) is 12.5. The van der Waals surface area contributed by atoms with Gasteiger partial charge in [0.25, 0.3) is 0 Å². The van der Waals surface area contributed by atoms with Crippen LogP contribution in [0, 0.1) is 5.92 Å². The van der Waals surface area contributed by atoms with Gasteiger partial charge in [-0.1, -0.05) is 12.2 Å². The number of aromatic carboxylic acids is 1. The number of carboxylic acid groups (broad SMARTS) is 1. The van der Waals surface area contributed by atoms with E-state index in [0.29, 0.717) is 18.0 Å². The number of rotatable bonds is 4. The lowest BCUT2D eigenvalue weighted by atomic mass is 9.99. The molecule has 0 aromatic carbocycles. The van der Waals surface area contributed by atoms with E-state index in [1.807, 2.05) is 29.8 Å². The molecule has 1 aromatic rings. The third-order valence-electron chi connectivity index (χ3n) is 4.52. The predicted molar refractivity (Wildman–Crippen MR) is 90.0 cm³/mol. The summed E-state index contributed by atoms with van der Waals surface area (Å²) >= 11 is 0. The first-order valence-electron chi connectivity index (χ1n) is 8.20. The third-order valence-corrected chi connectivity index (χ3v) is 4.52. The van der Waals surface area contributed by atoms with Crippen molar-refractivity contribution in [3.05, 3.63) is 57.7 Å². The lowest BCUT2D eigenvalue weighted by molar-refractivity contribution is 0.0608. The van der Waals surface area contributed by atoms with Gasteiger partial charge >= 0.3 is 5.97 Å². The number of hydrogen-bond donors (Lipinski definition) is 2. The molecule has 24 heavy (non-hydrogen) atoms. The van der Waals surface area contributed by atoms with Crippen molar-refractivity contribution in [3.8, 4) is 0 Å².